The van der Waals surface area contributed by atoms with Crippen molar-refractivity contribution in [3.05, 3.63) is 47.0 Å². The van der Waals surface area contributed by atoms with E-state index in [1.54, 1.807) is 11.1 Å². The summed E-state index contributed by atoms with van der Waals surface area (Å²) in [6.45, 7) is 3.62. The molecule has 2 fully saturated rings. The Kier molecular flexibility index (Phi) is 5.43. The minimum absolute atomic E-state index is 0.0247. The van der Waals surface area contributed by atoms with Crippen LogP contribution in [0.2, 0.25) is 0 Å². The summed E-state index contributed by atoms with van der Waals surface area (Å²) >= 11 is 1.40. The van der Waals surface area contributed by atoms with Crippen molar-refractivity contribution in [3.63, 3.8) is 0 Å². The van der Waals surface area contributed by atoms with Crippen LogP contribution in [0.3, 0.4) is 0 Å². The minimum Gasteiger partial charge on any atom is -0.380 e. The van der Waals surface area contributed by atoms with Gasteiger partial charge in [-0.05, 0) is 30.0 Å². The van der Waals surface area contributed by atoms with E-state index < -0.39 is 5.82 Å². The molecule has 0 bridgehead atoms. The Morgan fingerprint density at radius 1 is 1.28 bits per heavy atom. The Bertz CT molecular complexity index is 1180. The lowest BCUT2D eigenvalue weighted by Gasteiger charge is -2.40. The van der Waals surface area contributed by atoms with Gasteiger partial charge in [0.15, 0.2) is 5.69 Å². The number of likely N-dealkylation sites (tertiary alicyclic amines) is 1. The molecular formula is C21H21FN6O3S. The Morgan fingerprint density at radius 2 is 2.09 bits per heavy atom. The molecule has 0 spiro atoms. The van der Waals surface area contributed by atoms with Crippen LogP contribution in [0.4, 0.5) is 10.3 Å². The van der Waals surface area contributed by atoms with E-state index in [1.165, 1.54) is 17.4 Å². The number of carbonyl (C=O) groups excluding carboxylic acids is 2. The van der Waals surface area contributed by atoms with Crippen LogP contribution in [0.1, 0.15) is 29.0 Å². The molecule has 1 atom stereocenters. The molecule has 166 valence electrons. The van der Waals surface area contributed by atoms with E-state index in [9.17, 15) is 14.0 Å². The third-order valence-electron chi connectivity index (χ3n) is 5.60. The number of hydrogen-bond donors (Lipinski definition) is 2. The highest BCUT2D eigenvalue weighted by Gasteiger charge is 2.36. The first-order valence-corrected chi connectivity index (χ1v) is 11.2. The molecule has 2 amide bonds. The topological polar surface area (TPSA) is 109 Å². The van der Waals surface area contributed by atoms with Crippen LogP contribution in [0.25, 0.3) is 10.2 Å². The Balaban J connectivity index is 1.30. The maximum atomic E-state index is 13.5. The Hall–Kier alpha value is -3.18. The molecule has 0 saturated carbocycles. The number of aromatic nitrogens is 3. The highest BCUT2D eigenvalue weighted by molar-refractivity contribution is 7.17. The fourth-order valence-electron chi connectivity index (χ4n) is 3.61. The van der Waals surface area contributed by atoms with Gasteiger partial charge >= 0.3 is 0 Å². The van der Waals surface area contributed by atoms with Gasteiger partial charge in [-0.2, -0.15) is 0 Å². The summed E-state index contributed by atoms with van der Waals surface area (Å²) in [7, 11) is 0. The van der Waals surface area contributed by atoms with Gasteiger partial charge in [-0.15, -0.1) is 11.3 Å². The predicted octanol–water partition coefficient (Wildman–Crippen LogP) is 1.99. The van der Waals surface area contributed by atoms with Crippen LogP contribution in [0.15, 0.2) is 29.9 Å². The number of fused-ring (bicyclic) bond motifs is 1. The monoisotopic (exact) mass is 456 g/mol. The number of nitrogens with zero attached hydrogens (tertiary/aromatic N) is 4. The summed E-state index contributed by atoms with van der Waals surface area (Å²) < 4.78 is 19.3. The predicted molar refractivity (Wildman–Crippen MR) is 116 cm³/mol. The molecule has 2 N–H and O–H groups in total. The largest absolute Gasteiger partial charge is 0.380 e. The number of anilines is 1. The Labute approximate surface area is 187 Å². The van der Waals surface area contributed by atoms with E-state index in [2.05, 4.69) is 25.6 Å². The van der Waals surface area contributed by atoms with E-state index >= 15 is 0 Å². The zero-order valence-corrected chi connectivity index (χ0v) is 18.1. The van der Waals surface area contributed by atoms with Crippen molar-refractivity contribution >= 4 is 39.3 Å². The van der Waals surface area contributed by atoms with Gasteiger partial charge in [0, 0.05) is 19.3 Å². The van der Waals surface area contributed by atoms with Crippen molar-refractivity contribution in [1.29, 1.82) is 0 Å². The molecule has 0 aromatic carbocycles. The smallest absolute Gasteiger partial charge is 0.274 e. The van der Waals surface area contributed by atoms with E-state index in [0.717, 1.165) is 6.20 Å². The highest BCUT2D eigenvalue weighted by atomic mass is 32.1. The second-order valence-electron chi connectivity index (χ2n) is 7.98. The highest BCUT2D eigenvalue weighted by Crippen LogP contribution is 2.27. The van der Waals surface area contributed by atoms with Gasteiger partial charge in [0.25, 0.3) is 5.91 Å². The van der Waals surface area contributed by atoms with Crippen LogP contribution in [0, 0.1) is 11.7 Å². The summed E-state index contributed by atoms with van der Waals surface area (Å²) in [5.41, 5.74) is 1.62. The van der Waals surface area contributed by atoms with Crippen molar-refractivity contribution in [2.45, 2.75) is 19.0 Å². The van der Waals surface area contributed by atoms with Gasteiger partial charge in [0.2, 0.25) is 11.9 Å². The molecule has 0 aliphatic carbocycles. The van der Waals surface area contributed by atoms with Crippen molar-refractivity contribution in [1.82, 2.24) is 25.2 Å². The third-order valence-corrected chi connectivity index (χ3v) is 6.51. The van der Waals surface area contributed by atoms with Gasteiger partial charge in [-0.3, -0.25) is 14.6 Å². The van der Waals surface area contributed by atoms with E-state index in [-0.39, 0.29) is 35.8 Å². The van der Waals surface area contributed by atoms with Gasteiger partial charge in [-0.25, -0.2) is 14.4 Å². The molecule has 3 aromatic rings. The lowest BCUT2D eigenvalue weighted by atomic mass is 10.0. The van der Waals surface area contributed by atoms with Gasteiger partial charge in [0.1, 0.15) is 5.82 Å². The van der Waals surface area contributed by atoms with Crippen LogP contribution >= 0.6 is 11.3 Å². The molecule has 2 aliphatic rings. The average Bonchev–Trinajstić information content (AvgIpc) is 3.16. The summed E-state index contributed by atoms with van der Waals surface area (Å²) in [5, 5.41) is 7.95. The van der Waals surface area contributed by atoms with Crippen LogP contribution in [0.5, 0.6) is 0 Å². The van der Waals surface area contributed by atoms with Crippen LogP contribution < -0.4 is 10.6 Å². The number of thiophene rings is 1. The standard InChI is InChI=1S/C21H21FN6O3S/c1-11(12-4-14(22)6-23-5-12)24-21-26-16-2-3-32-18(16)17(27-21)20(30)28-7-15(8-28)25-19(29)13-9-31-10-13/h2-6,11,13,15H,7-10H2,1H3,(H,25,29)(H,24,26,27)/t11-/m0/s1. The number of carbonyl (C=O) groups is 2. The average molecular weight is 457 g/mol. The molecule has 32 heavy (non-hydrogen) atoms. The second-order valence-corrected chi connectivity index (χ2v) is 8.90. The molecular weight excluding hydrogens is 435 g/mol. The molecule has 5 heterocycles. The van der Waals surface area contributed by atoms with Crippen LogP contribution in [-0.2, 0) is 9.53 Å². The second kappa shape index (κ2) is 8.40. The summed E-state index contributed by atoms with van der Waals surface area (Å²) in [6, 6.07) is 2.85. The summed E-state index contributed by atoms with van der Waals surface area (Å²) in [6.07, 6.45) is 2.71. The van der Waals surface area contributed by atoms with Crippen molar-refractivity contribution in [2.75, 3.05) is 31.6 Å². The number of pyridine rings is 1. The van der Waals surface area contributed by atoms with Gasteiger partial charge in [0.05, 0.1) is 47.6 Å². The molecule has 5 rings (SSSR count). The van der Waals surface area contributed by atoms with E-state index in [1.807, 2.05) is 18.4 Å². The number of ether oxygens (including phenoxy) is 1. The zero-order valence-electron chi connectivity index (χ0n) is 17.2. The molecule has 3 aromatic heterocycles. The SMILES string of the molecule is C[C@H](Nc1nc(C(=O)N2CC(NC(=O)C3COC3)C2)c2sccc2n1)c1cncc(F)c1. The summed E-state index contributed by atoms with van der Waals surface area (Å²) in [5.74, 6) is -0.461. The minimum atomic E-state index is -0.425. The van der Waals surface area contributed by atoms with Gasteiger partial charge in [-0.1, -0.05) is 0 Å². The molecule has 2 saturated heterocycles. The number of rotatable bonds is 6. The zero-order chi connectivity index (χ0) is 22.2. The van der Waals surface area contributed by atoms with Crippen molar-refractivity contribution < 1.29 is 18.7 Å². The van der Waals surface area contributed by atoms with E-state index in [4.69, 9.17) is 4.74 Å². The molecule has 11 heteroatoms. The first-order chi connectivity index (χ1) is 15.5. The lowest BCUT2D eigenvalue weighted by molar-refractivity contribution is -0.140. The first-order valence-electron chi connectivity index (χ1n) is 10.3. The number of amides is 2. The lowest BCUT2D eigenvalue weighted by Crippen LogP contribution is -2.62. The maximum Gasteiger partial charge on any atom is 0.274 e. The quantitative estimate of drug-likeness (QED) is 0.584. The number of hydrogen-bond acceptors (Lipinski definition) is 8. The molecule has 9 nitrogen and oxygen atoms in total. The summed E-state index contributed by atoms with van der Waals surface area (Å²) in [4.78, 5) is 39.7. The molecule has 2 aliphatic heterocycles. The maximum absolute atomic E-state index is 13.5. The molecule has 0 unspecified atom stereocenters. The normalized spacial score (nSPS) is 17.5. The van der Waals surface area contributed by atoms with Crippen molar-refractivity contribution in [2.24, 2.45) is 5.92 Å². The fraction of sp³-hybridized carbons (Fsp3) is 0.381. The van der Waals surface area contributed by atoms with Gasteiger partial charge < -0.3 is 20.3 Å². The van der Waals surface area contributed by atoms with E-state index in [0.29, 0.717) is 47.8 Å². The number of halogens is 1. The van der Waals surface area contributed by atoms with Crippen molar-refractivity contribution in [3.8, 4) is 0 Å². The number of nitrogens with one attached hydrogen (secondary N) is 2. The first kappa shape index (κ1) is 20.7. The van der Waals surface area contributed by atoms with Crippen LogP contribution in [-0.4, -0.2) is 64.0 Å². The molecule has 0 radical (unpaired) electrons. The third kappa shape index (κ3) is 4.00. The fourth-order valence-corrected chi connectivity index (χ4v) is 4.42. The Morgan fingerprint density at radius 3 is 2.81 bits per heavy atom.